The summed E-state index contributed by atoms with van der Waals surface area (Å²) in [4.78, 5) is 12.0. The number of carbonyl (C=O) groups excluding carboxylic acids is 1. The fourth-order valence-corrected chi connectivity index (χ4v) is 3.25. The van der Waals surface area contributed by atoms with Gasteiger partial charge in [-0.05, 0) is 29.7 Å². The molecule has 21 heavy (non-hydrogen) atoms. The van der Waals surface area contributed by atoms with Gasteiger partial charge in [0, 0.05) is 22.9 Å². The topological polar surface area (TPSA) is 29.1 Å². The van der Waals surface area contributed by atoms with Crippen LogP contribution in [0.1, 0.15) is 24.5 Å². The molecule has 2 aromatic rings. The van der Waals surface area contributed by atoms with E-state index in [2.05, 4.69) is 24.4 Å². The summed E-state index contributed by atoms with van der Waals surface area (Å²) in [6.45, 7) is 2.15. The molecule has 1 amide bonds. The molecule has 0 aromatic heterocycles. The summed E-state index contributed by atoms with van der Waals surface area (Å²) in [6.07, 6.45) is 1.36. The molecule has 1 aliphatic rings. The molecular weight excluding hydrogens is 282 g/mol. The molecule has 1 N–H and O–H groups in total. The molecule has 2 aromatic carbocycles. The van der Waals surface area contributed by atoms with Crippen molar-refractivity contribution in [2.24, 2.45) is 0 Å². The minimum Gasteiger partial charge on any atom is -0.352 e. The summed E-state index contributed by atoms with van der Waals surface area (Å²) < 4.78 is 0. The lowest BCUT2D eigenvalue weighted by atomic mass is 9.74. The summed E-state index contributed by atoms with van der Waals surface area (Å²) in [5, 5.41) is 3.86. The Morgan fingerprint density at radius 3 is 2.48 bits per heavy atom. The number of carbonyl (C=O) groups is 1. The van der Waals surface area contributed by atoms with Crippen molar-refractivity contribution in [2.75, 3.05) is 0 Å². The highest BCUT2D eigenvalue weighted by atomic mass is 35.5. The van der Waals surface area contributed by atoms with Gasteiger partial charge in [-0.25, -0.2) is 0 Å². The van der Waals surface area contributed by atoms with Crippen molar-refractivity contribution < 1.29 is 4.79 Å². The Bertz CT molecular complexity index is 638. The third kappa shape index (κ3) is 2.81. The lowest BCUT2D eigenvalue weighted by molar-refractivity contribution is -0.119. The minimum atomic E-state index is -0.197. The van der Waals surface area contributed by atoms with Crippen LogP contribution in [0.2, 0.25) is 5.02 Å². The number of benzene rings is 2. The molecule has 0 aliphatic carbocycles. The second kappa shape index (κ2) is 5.53. The van der Waals surface area contributed by atoms with E-state index in [-0.39, 0.29) is 17.4 Å². The standard InChI is InChI=1S/C18H18ClNO/c1-18(14-7-9-15(19)10-8-14)12-17(21)20-16(18)11-13-5-3-2-4-6-13/h2-10,16H,11-12H2,1H3,(H,20,21). The molecule has 3 heteroatoms. The van der Waals surface area contributed by atoms with Crippen LogP contribution in [0.4, 0.5) is 0 Å². The normalized spacial score (nSPS) is 24.9. The van der Waals surface area contributed by atoms with Crippen molar-refractivity contribution in [3.63, 3.8) is 0 Å². The van der Waals surface area contributed by atoms with E-state index in [1.165, 1.54) is 5.56 Å². The molecule has 3 rings (SSSR count). The molecule has 2 unspecified atom stereocenters. The van der Waals surface area contributed by atoms with Crippen LogP contribution in [-0.2, 0) is 16.6 Å². The van der Waals surface area contributed by atoms with Crippen LogP contribution in [0.15, 0.2) is 54.6 Å². The van der Waals surface area contributed by atoms with E-state index in [4.69, 9.17) is 11.6 Å². The first kappa shape index (κ1) is 14.2. The zero-order valence-corrected chi connectivity index (χ0v) is 12.7. The number of nitrogens with one attached hydrogen (secondary N) is 1. The van der Waals surface area contributed by atoms with Gasteiger partial charge in [-0.1, -0.05) is 61.0 Å². The van der Waals surface area contributed by atoms with Crippen LogP contribution < -0.4 is 5.32 Å². The number of rotatable bonds is 3. The Kier molecular flexibility index (Phi) is 3.73. The van der Waals surface area contributed by atoms with E-state index >= 15 is 0 Å². The molecule has 2 atom stereocenters. The Morgan fingerprint density at radius 1 is 1.14 bits per heavy atom. The van der Waals surface area contributed by atoms with Gasteiger partial charge >= 0.3 is 0 Å². The molecule has 0 bridgehead atoms. The summed E-state index contributed by atoms with van der Waals surface area (Å²) in [5.41, 5.74) is 2.20. The highest BCUT2D eigenvalue weighted by Gasteiger charge is 2.44. The maximum atomic E-state index is 12.0. The first-order valence-electron chi connectivity index (χ1n) is 7.17. The van der Waals surface area contributed by atoms with Crippen LogP contribution in [-0.4, -0.2) is 11.9 Å². The van der Waals surface area contributed by atoms with Gasteiger partial charge in [-0.2, -0.15) is 0 Å². The van der Waals surface area contributed by atoms with Gasteiger partial charge in [0.25, 0.3) is 0 Å². The Balaban J connectivity index is 1.91. The third-order valence-electron chi connectivity index (χ3n) is 4.42. The summed E-state index contributed by atoms with van der Waals surface area (Å²) in [6, 6.07) is 18.2. The van der Waals surface area contributed by atoms with Crippen LogP contribution >= 0.6 is 11.6 Å². The van der Waals surface area contributed by atoms with Gasteiger partial charge in [0.2, 0.25) is 5.91 Å². The molecule has 1 saturated heterocycles. The van der Waals surface area contributed by atoms with Crippen molar-refractivity contribution in [1.82, 2.24) is 5.32 Å². The minimum absolute atomic E-state index is 0.105. The van der Waals surface area contributed by atoms with Gasteiger partial charge in [0.05, 0.1) is 0 Å². The van der Waals surface area contributed by atoms with Crippen molar-refractivity contribution in [1.29, 1.82) is 0 Å². The zero-order valence-electron chi connectivity index (χ0n) is 12.0. The second-order valence-corrected chi connectivity index (χ2v) is 6.35. The average molecular weight is 300 g/mol. The highest BCUT2D eigenvalue weighted by Crippen LogP contribution is 2.37. The van der Waals surface area contributed by atoms with Crippen molar-refractivity contribution in [3.05, 3.63) is 70.7 Å². The fourth-order valence-electron chi connectivity index (χ4n) is 3.12. The Hall–Kier alpha value is -1.80. The van der Waals surface area contributed by atoms with Gasteiger partial charge in [-0.3, -0.25) is 4.79 Å². The molecular formula is C18H18ClNO. The summed E-state index contributed by atoms with van der Waals surface area (Å²) >= 11 is 5.98. The predicted octanol–water partition coefficient (Wildman–Crippen LogP) is 3.73. The lowest BCUT2D eigenvalue weighted by Crippen LogP contribution is -2.40. The van der Waals surface area contributed by atoms with E-state index in [0.29, 0.717) is 6.42 Å². The van der Waals surface area contributed by atoms with Crippen LogP contribution in [0.3, 0.4) is 0 Å². The van der Waals surface area contributed by atoms with E-state index in [1.807, 2.05) is 42.5 Å². The number of hydrogen-bond acceptors (Lipinski definition) is 1. The van der Waals surface area contributed by atoms with Crippen molar-refractivity contribution in [3.8, 4) is 0 Å². The average Bonchev–Trinajstić information content (AvgIpc) is 2.76. The van der Waals surface area contributed by atoms with E-state index < -0.39 is 0 Å². The SMILES string of the molecule is CC1(c2ccc(Cl)cc2)CC(=O)NC1Cc1ccccc1. The number of hydrogen-bond donors (Lipinski definition) is 1. The van der Waals surface area contributed by atoms with Gasteiger partial charge in [0.15, 0.2) is 0 Å². The molecule has 0 spiro atoms. The Morgan fingerprint density at radius 2 is 1.81 bits per heavy atom. The molecule has 1 fully saturated rings. The van der Waals surface area contributed by atoms with Gasteiger partial charge in [-0.15, -0.1) is 0 Å². The van der Waals surface area contributed by atoms with E-state index in [1.54, 1.807) is 0 Å². The molecule has 0 radical (unpaired) electrons. The summed E-state index contributed by atoms with van der Waals surface area (Å²) in [7, 11) is 0. The highest BCUT2D eigenvalue weighted by molar-refractivity contribution is 6.30. The molecule has 1 aliphatic heterocycles. The van der Waals surface area contributed by atoms with Crippen LogP contribution in [0.5, 0.6) is 0 Å². The third-order valence-corrected chi connectivity index (χ3v) is 4.67. The number of halogens is 1. The molecule has 108 valence electrons. The second-order valence-electron chi connectivity index (χ2n) is 5.91. The largest absolute Gasteiger partial charge is 0.352 e. The quantitative estimate of drug-likeness (QED) is 0.919. The van der Waals surface area contributed by atoms with Crippen molar-refractivity contribution in [2.45, 2.75) is 31.2 Å². The number of amides is 1. The monoisotopic (exact) mass is 299 g/mol. The smallest absolute Gasteiger partial charge is 0.221 e. The maximum absolute atomic E-state index is 12.0. The summed E-state index contributed by atoms with van der Waals surface area (Å²) in [5.74, 6) is 0.119. The first-order chi connectivity index (χ1) is 10.1. The first-order valence-corrected chi connectivity index (χ1v) is 7.55. The zero-order chi connectivity index (χ0) is 14.9. The Labute approximate surface area is 130 Å². The molecule has 0 saturated carbocycles. The predicted molar refractivity (Wildman–Crippen MR) is 85.5 cm³/mol. The van der Waals surface area contributed by atoms with Gasteiger partial charge in [0.1, 0.15) is 0 Å². The van der Waals surface area contributed by atoms with Gasteiger partial charge < -0.3 is 5.32 Å². The van der Waals surface area contributed by atoms with Crippen molar-refractivity contribution >= 4 is 17.5 Å². The molecule has 1 heterocycles. The van der Waals surface area contributed by atoms with Crippen LogP contribution in [0.25, 0.3) is 0 Å². The van der Waals surface area contributed by atoms with E-state index in [9.17, 15) is 4.79 Å². The van der Waals surface area contributed by atoms with Crippen LogP contribution in [0, 0.1) is 0 Å². The fraction of sp³-hybridized carbons (Fsp3) is 0.278. The lowest BCUT2D eigenvalue weighted by Gasteiger charge is -2.31. The van der Waals surface area contributed by atoms with E-state index in [0.717, 1.165) is 17.0 Å². The molecule has 2 nitrogen and oxygen atoms in total. The maximum Gasteiger partial charge on any atom is 0.221 e.